The van der Waals surface area contributed by atoms with Crippen molar-refractivity contribution in [1.29, 1.82) is 0 Å². The molecule has 4 aromatic heterocycles. The quantitative estimate of drug-likeness (QED) is 0.0671. The molecule has 0 bridgehead atoms. The van der Waals surface area contributed by atoms with Gasteiger partial charge in [0.2, 0.25) is 0 Å². The molecule has 46 heavy (non-hydrogen) atoms. The monoisotopic (exact) mass is 714 g/mol. The molecule has 0 aliphatic carbocycles. The Labute approximate surface area is 257 Å². The molecular weight excluding hydrogens is 682 g/mol. The molecule has 0 radical (unpaired) electrons. The first-order chi connectivity index (χ1) is 20.8. The van der Waals surface area contributed by atoms with Gasteiger partial charge in [-0.3, -0.25) is 9.97 Å². The zero-order valence-corrected chi connectivity index (χ0v) is 25.9. The molecule has 4 rings (SSSR count). The van der Waals surface area contributed by atoms with Crippen molar-refractivity contribution in [3.05, 3.63) is 98.1 Å². The first-order valence-electron chi connectivity index (χ1n) is 13.7. The van der Waals surface area contributed by atoms with Gasteiger partial charge in [0.25, 0.3) is 0 Å². The molecule has 0 unspecified atom stereocenters. The number of hydrogen-bond donors (Lipinski definition) is 0. The first kappa shape index (κ1) is 38.8. The number of unbranched alkanes of at least 4 members (excludes halogenated alkanes) is 5. The van der Waals surface area contributed by atoms with E-state index in [-0.39, 0.29) is 0 Å². The third-order valence-electron chi connectivity index (χ3n) is 5.89. The third-order valence-corrected chi connectivity index (χ3v) is 5.89. The standard InChI is InChI=1S/C28H32N4.2F6P/c1(3-5-19-31-21-11-27(12-22-31)25-7-15-29-16-8-25)2-4-6-20-32-23-13-28(14-24-32)26-9-17-30-18-10-26;2*1-7(2,3,4,5)6/h7-18,21-24H,1-6,19-20H2;;/q+2;2*-1. The van der Waals surface area contributed by atoms with E-state index < -0.39 is 15.6 Å². The van der Waals surface area contributed by atoms with Crippen LogP contribution in [0.25, 0.3) is 22.3 Å². The van der Waals surface area contributed by atoms with Gasteiger partial charge in [-0.1, -0.05) is 12.8 Å². The minimum Gasteiger partial charge on any atom is -0.265 e. The van der Waals surface area contributed by atoms with Crippen molar-refractivity contribution < 1.29 is 59.5 Å². The van der Waals surface area contributed by atoms with Crippen LogP contribution in [0, 0.1) is 0 Å². The molecule has 0 aromatic carbocycles. The maximum atomic E-state index is 9.87. The zero-order chi connectivity index (χ0) is 34.7. The van der Waals surface area contributed by atoms with Crippen LogP contribution in [-0.2, 0) is 13.1 Å². The van der Waals surface area contributed by atoms with Gasteiger partial charge >= 0.3 is 66.0 Å². The number of nitrogens with zero attached hydrogens (tertiary/aromatic N) is 4. The van der Waals surface area contributed by atoms with Gasteiger partial charge in [0.05, 0.1) is 0 Å². The van der Waals surface area contributed by atoms with E-state index in [0.717, 1.165) is 13.1 Å². The van der Waals surface area contributed by atoms with E-state index in [1.807, 2.05) is 24.8 Å². The van der Waals surface area contributed by atoms with Crippen molar-refractivity contribution in [2.75, 3.05) is 0 Å². The van der Waals surface area contributed by atoms with Gasteiger partial charge in [-0.15, -0.1) is 0 Å². The number of aryl methyl sites for hydroxylation is 2. The van der Waals surface area contributed by atoms with Crippen molar-refractivity contribution in [3.8, 4) is 22.3 Å². The zero-order valence-electron chi connectivity index (χ0n) is 24.1. The molecule has 4 nitrogen and oxygen atoms in total. The summed E-state index contributed by atoms with van der Waals surface area (Å²) in [6.07, 6.45) is 23.8. The molecule has 258 valence electrons. The molecule has 0 N–H and O–H groups in total. The van der Waals surface area contributed by atoms with E-state index >= 15 is 0 Å². The van der Waals surface area contributed by atoms with Crippen LogP contribution in [-0.4, -0.2) is 9.97 Å². The summed E-state index contributed by atoms with van der Waals surface area (Å²) in [7, 11) is -21.3. The van der Waals surface area contributed by atoms with Crippen LogP contribution in [0.1, 0.15) is 38.5 Å². The molecule has 0 fully saturated rings. The van der Waals surface area contributed by atoms with E-state index in [1.165, 1.54) is 60.8 Å². The summed E-state index contributed by atoms with van der Waals surface area (Å²) < 4.78 is 123. The third kappa shape index (κ3) is 23.9. The summed E-state index contributed by atoms with van der Waals surface area (Å²) in [5.41, 5.74) is 4.92. The Balaban J connectivity index is 0.000000440. The molecule has 4 aromatic rings. The number of pyridine rings is 4. The van der Waals surface area contributed by atoms with Crippen LogP contribution in [0.2, 0.25) is 0 Å². The Morgan fingerprint density at radius 2 is 0.587 bits per heavy atom. The normalized spacial score (nSPS) is 14.6. The van der Waals surface area contributed by atoms with E-state index in [9.17, 15) is 50.4 Å². The fraction of sp³-hybridized carbons (Fsp3) is 0.286. The topological polar surface area (TPSA) is 33.5 Å². The van der Waals surface area contributed by atoms with Crippen molar-refractivity contribution in [2.45, 2.75) is 51.6 Å². The van der Waals surface area contributed by atoms with Gasteiger partial charge in [-0.2, -0.15) is 0 Å². The summed E-state index contributed by atoms with van der Waals surface area (Å²) in [4.78, 5) is 8.17. The molecule has 0 aliphatic heterocycles. The fourth-order valence-corrected chi connectivity index (χ4v) is 3.98. The fourth-order valence-electron chi connectivity index (χ4n) is 3.98. The van der Waals surface area contributed by atoms with Crippen molar-refractivity contribution in [2.24, 2.45) is 0 Å². The van der Waals surface area contributed by atoms with Crippen molar-refractivity contribution in [3.63, 3.8) is 0 Å². The van der Waals surface area contributed by atoms with Gasteiger partial charge in [-0.25, -0.2) is 9.13 Å². The Kier molecular flexibility index (Phi) is 11.6. The average molecular weight is 715 g/mol. The Morgan fingerprint density at radius 3 is 0.848 bits per heavy atom. The SMILES string of the molecule is F[P-](F)(F)(F)(F)F.F[P-](F)(F)(F)(F)F.c1cc(-c2cc[n+](CCCCCCCC[n+]3ccc(-c4ccncc4)cc3)cc2)ccn1. The van der Waals surface area contributed by atoms with Crippen LogP contribution in [0.15, 0.2) is 98.1 Å². The van der Waals surface area contributed by atoms with E-state index in [2.05, 4.69) is 92.4 Å². The van der Waals surface area contributed by atoms with Crippen LogP contribution in [0.5, 0.6) is 0 Å². The molecule has 0 aliphatic rings. The van der Waals surface area contributed by atoms with Gasteiger partial charge < -0.3 is 0 Å². The summed E-state index contributed by atoms with van der Waals surface area (Å²) in [6.45, 7) is 2.19. The maximum absolute atomic E-state index is 10.7. The maximum Gasteiger partial charge on any atom is 0.169 e. The largest absolute Gasteiger partial charge is 0.265 e. The number of rotatable bonds is 11. The van der Waals surface area contributed by atoms with E-state index in [4.69, 9.17) is 0 Å². The number of halogens is 12. The molecule has 0 saturated heterocycles. The van der Waals surface area contributed by atoms with Crippen LogP contribution in [0.3, 0.4) is 0 Å². The summed E-state index contributed by atoms with van der Waals surface area (Å²) in [5, 5.41) is 0. The molecule has 0 atom stereocenters. The van der Waals surface area contributed by atoms with E-state index in [1.54, 1.807) is 0 Å². The number of hydrogen-bond acceptors (Lipinski definition) is 2. The smallest absolute Gasteiger partial charge is 0.169 e. The molecule has 0 amide bonds. The summed E-state index contributed by atoms with van der Waals surface area (Å²) in [6, 6.07) is 17.0. The van der Waals surface area contributed by atoms with E-state index in [0.29, 0.717) is 0 Å². The van der Waals surface area contributed by atoms with Gasteiger partial charge in [0, 0.05) is 61.9 Å². The molecule has 4 heterocycles. The number of aromatic nitrogens is 4. The molecule has 0 spiro atoms. The second-order valence-corrected chi connectivity index (χ2v) is 14.0. The van der Waals surface area contributed by atoms with Gasteiger partial charge in [0.1, 0.15) is 13.1 Å². The first-order valence-corrected chi connectivity index (χ1v) is 17.8. The summed E-state index contributed by atoms with van der Waals surface area (Å²) >= 11 is 0. The second kappa shape index (κ2) is 13.8. The van der Waals surface area contributed by atoms with Crippen LogP contribution < -0.4 is 9.13 Å². The minimum atomic E-state index is -10.7. The Bertz CT molecular complexity index is 1350. The van der Waals surface area contributed by atoms with Crippen LogP contribution >= 0.6 is 15.6 Å². The second-order valence-electron chi connectivity index (χ2n) is 10.2. The summed E-state index contributed by atoms with van der Waals surface area (Å²) in [5.74, 6) is 0. The van der Waals surface area contributed by atoms with Crippen molar-refractivity contribution >= 4 is 15.6 Å². The molecule has 18 heteroatoms. The Hall–Kier alpha value is -3.38. The van der Waals surface area contributed by atoms with Gasteiger partial charge in [0.15, 0.2) is 24.8 Å². The van der Waals surface area contributed by atoms with Crippen LogP contribution in [0.4, 0.5) is 50.4 Å². The predicted octanol–water partition coefficient (Wildman–Crippen LogP) is 12.2. The average Bonchev–Trinajstić information content (AvgIpc) is 2.93. The van der Waals surface area contributed by atoms with Crippen molar-refractivity contribution in [1.82, 2.24) is 9.97 Å². The Morgan fingerprint density at radius 1 is 0.370 bits per heavy atom. The molecule has 0 saturated carbocycles. The van der Waals surface area contributed by atoms with Gasteiger partial charge in [-0.05, 0) is 59.4 Å². The minimum absolute atomic E-state index is 1.09. The predicted molar refractivity (Wildman–Crippen MR) is 155 cm³/mol. The molecular formula is C28H32F12N4P2.